The first kappa shape index (κ1) is 9.31. The maximum absolute atomic E-state index is 9.38. The van der Waals surface area contributed by atoms with Crippen LogP contribution in [0.4, 0.5) is 0 Å². The maximum Gasteiger partial charge on any atom is 0.107 e. The summed E-state index contributed by atoms with van der Waals surface area (Å²) in [5, 5.41) is 9.38. The van der Waals surface area contributed by atoms with Crippen LogP contribution in [-0.4, -0.2) is 10.0 Å². The molecule has 0 rings (SSSR count). The topological polar surface area (TPSA) is 20.2 Å². The fraction of sp³-hybridized carbons (Fsp3) is 1.00. The Hall–Kier alpha value is 0.310. The second-order valence-corrected chi connectivity index (χ2v) is 3.31. The lowest BCUT2D eigenvalue weighted by Crippen LogP contribution is -2.19. The molecule has 0 saturated carbocycles. The van der Waals surface area contributed by atoms with Crippen molar-refractivity contribution < 1.29 is 5.11 Å². The van der Waals surface area contributed by atoms with Gasteiger partial charge in [-0.25, -0.2) is 0 Å². The van der Waals surface area contributed by atoms with Gasteiger partial charge in [0.1, 0.15) is 4.93 Å². The van der Waals surface area contributed by atoms with Crippen molar-refractivity contribution in [2.75, 3.05) is 0 Å². The summed E-state index contributed by atoms with van der Waals surface area (Å²) < 4.78 is 0. The van der Waals surface area contributed by atoms with Gasteiger partial charge in [-0.2, -0.15) is 0 Å². The molecule has 0 aromatic heterocycles. The van der Waals surface area contributed by atoms with E-state index in [1.807, 2.05) is 0 Å². The predicted octanol–water partition coefficient (Wildman–Crippen LogP) is 2.21. The van der Waals surface area contributed by atoms with E-state index in [0.717, 1.165) is 25.7 Å². The molecule has 1 nitrogen and oxygen atoms in total. The molecule has 0 aromatic carbocycles. The smallest absolute Gasteiger partial charge is 0.107 e. The van der Waals surface area contributed by atoms with Gasteiger partial charge in [-0.15, -0.1) is 12.6 Å². The summed E-state index contributed by atoms with van der Waals surface area (Å²) in [5.41, 5.74) is 0. The average molecular weight is 148 g/mol. The molecule has 0 heterocycles. The zero-order valence-corrected chi connectivity index (χ0v) is 7.12. The van der Waals surface area contributed by atoms with Crippen molar-refractivity contribution in [3.05, 3.63) is 0 Å². The molecule has 0 bridgehead atoms. The minimum absolute atomic E-state index is 0.705. The van der Waals surface area contributed by atoms with E-state index in [0.29, 0.717) is 0 Å². The van der Waals surface area contributed by atoms with Crippen LogP contribution in [0.25, 0.3) is 0 Å². The van der Waals surface area contributed by atoms with Gasteiger partial charge in [0.2, 0.25) is 0 Å². The molecule has 0 radical (unpaired) electrons. The van der Waals surface area contributed by atoms with Gasteiger partial charge >= 0.3 is 0 Å². The van der Waals surface area contributed by atoms with Crippen molar-refractivity contribution in [3.8, 4) is 0 Å². The molecule has 0 aromatic rings. The van der Waals surface area contributed by atoms with E-state index in [-0.39, 0.29) is 0 Å². The Bertz CT molecular complexity index is 63.3. The number of rotatable bonds is 4. The SMILES string of the molecule is CCCC(O)(S)CCC. The molecule has 56 valence electrons. The summed E-state index contributed by atoms with van der Waals surface area (Å²) in [5.74, 6) is 0. The fourth-order valence-corrected chi connectivity index (χ4v) is 1.37. The van der Waals surface area contributed by atoms with Crippen molar-refractivity contribution in [2.45, 2.75) is 44.5 Å². The van der Waals surface area contributed by atoms with Gasteiger partial charge in [0.05, 0.1) is 0 Å². The van der Waals surface area contributed by atoms with Gasteiger partial charge < -0.3 is 5.11 Å². The standard InChI is InChI=1S/C7H16OS/c1-3-5-7(8,9)6-4-2/h8-9H,3-6H2,1-2H3. The van der Waals surface area contributed by atoms with E-state index in [1.54, 1.807) is 0 Å². The van der Waals surface area contributed by atoms with Gasteiger partial charge in [0.15, 0.2) is 0 Å². The largest absolute Gasteiger partial charge is 0.380 e. The van der Waals surface area contributed by atoms with Crippen LogP contribution in [0.5, 0.6) is 0 Å². The van der Waals surface area contributed by atoms with Crippen LogP contribution in [0.1, 0.15) is 39.5 Å². The van der Waals surface area contributed by atoms with Crippen LogP contribution in [-0.2, 0) is 0 Å². The van der Waals surface area contributed by atoms with Crippen LogP contribution in [0.3, 0.4) is 0 Å². The summed E-state index contributed by atoms with van der Waals surface area (Å²) in [6.45, 7) is 4.10. The highest BCUT2D eigenvalue weighted by atomic mass is 32.1. The zero-order valence-electron chi connectivity index (χ0n) is 6.22. The first-order chi connectivity index (χ1) is 4.12. The maximum atomic E-state index is 9.38. The monoisotopic (exact) mass is 148 g/mol. The van der Waals surface area contributed by atoms with Crippen molar-refractivity contribution in [2.24, 2.45) is 0 Å². The summed E-state index contributed by atoms with van der Waals surface area (Å²) in [7, 11) is 0. The lowest BCUT2D eigenvalue weighted by atomic mass is 10.1. The van der Waals surface area contributed by atoms with Crippen molar-refractivity contribution in [1.29, 1.82) is 0 Å². The molecule has 0 fully saturated rings. The van der Waals surface area contributed by atoms with E-state index in [4.69, 9.17) is 0 Å². The molecular weight excluding hydrogens is 132 g/mol. The van der Waals surface area contributed by atoms with Gasteiger partial charge in [-0.1, -0.05) is 26.7 Å². The van der Waals surface area contributed by atoms with Gasteiger partial charge in [-0.05, 0) is 12.8 Å². The highest BCUT2D eigenvalue weighted by Crippen LogP contribution is 2.22. The Morgan fingerprint density at radius 3 is 1.78 bits per heavy atom. The fourth-order valence-electron chi connectivity index (χ4n) is 0.926. The first-order valence-corrected chi connectivity index (χ1v) is 4.02. The summed E-state index contributed by atoms with van der Waals surface area (Å²) >= 11 is 4.10. The lowest BCUT2D eigenvalue weighted by molar-refractivity contribution is 0.118. The summed E-state index contributed by atoms with van der Waals surface area (Å²) in [6, 6.07) is 0. The lowest BCUT2D eigenvalue weighted by Gasteiger charge is -2.19. The van der Waals surface area contributed by atoms with Crippen molar-refractivity contribution in [1.82, 2.24) is 0 Å². The zero-order chi connectivity index (χ0) is 7.33. The van der Waals surface area contributed by atoms with Crippen LogP contribution in [0.15, 0.2) is 0 Å². The number of thiol groups is 1. The number of hydrogen-bond acceptors (Lipinski definition) is 2. The summed E-state index contributed by atoms with van der Waals surface area (Å²) in [4.78, 5) is -0.705. The van der Waals surface area contributed by atoms with Gasteiger partial charge in [0.25, 0.3) is 0 Å². The van der Waals surface area contributed by atoms with Crippen molar-refractivity contribution in [3.63, 3.8) is 0 Å². The Balaban J connectivity index is 3.43. The third kappa shape index (κ3) is 4.79. The number of aliphatic hydroxyl groups is 1. The molecule has 0 amide bonds. The molecule has 0 aliphatic rings. The Kier molecular flexibility index (Phi) is 4.32. The quantitative estimate of drug-likeness (QED) is 0.462. The Morgan fingerprint density at radius 2 is 1.56 bits per heavy atom. The average Bonchev–Trinajstić information content (AvgIpc) is 1.64. The predicted molar refractivity (Wildman–Crippen MR) is 43.8 cm³/mol. The molecule has 0 saturated heterocycles. The molecule has 0 spiro atoms. The minimum atomic E-state index is -0.705. The van der Waals surface area contributed by atoms with E-state index < -0.39 is 4.93 Å². The molecule has 0 atom stereocenters. The third-order valence-electron chi connectivity index (χ3n) is 1.30. The van der Waals surface area contributed by atoms with E-state index in [9.17, 15) is 5.11 Å². The Labute approximate surface area is 62.9 Å². The van der Waals surface area contributed by atoms with Crippen LogP contribution in [0.2, 0.25) is 0 Å². The molecule has 1 N–H and O–H groups in total. The third-order valence-corrected chi connectivity index (χ3v) is 1.75. The van der Waals surface area contributed by atoms with E-state index >= 15 is 0 Å². The van der Waals surface area contributed by atoms with Gasteiger partial charge in [0, 0.05) is 0 Å². The highest BCUT2D eigenvalue weighted by molar-refractivity contribution is 7.81. The second kappa shape index (κ2) is 4.18. The normalized spacial score (nSPS) is 12.0. The first-order valence-electron chi connectivity index (χ1n) is 3.57. The molecule has 9 heavy (non-hydrogen) atoms. The number of hydrogen-bond donors (Lipinski definition) is 2. The van der Waals surface area contributed by atoms with Crippen LogP contribution in [0, 0.1) is 0 Å². The minimum Gasteiger partial charge on any atom is -0.380 e. The van der Waals surface area contributed by atoms with Crippen LogP contribution >= 0.6 is 12.6 Å². The van der Waals surface area contributed by atoms with Gasteiger partial charge in [-0.3, -0.25) is 0 Å². The summed E-state index contributed by atoms with van der Waals surface area (Å²) in [6.07, 6.45) is 3.59. The molecular formula is C7H16OS. The van der Waals surface area contributed by atoms with E-state index in [2.05, 4.69) is 26.5 Å². The molecule has 0 unspecified atom stereocenters. The van der Waals surface area contributed by atoms with Crippen LogP contribution < -0.4 is 0 Å². The Morgan fingerprint density at radius 1 is 1.22 bits per heavy atom. The highest BCUT2D eigenvalue weighted by Gasteiger charge is 2.17. The second-order valence-electron chi connectivity index (χ2n) is 2.48. The van der Waals surface area contributed by atoms with Crippen molar-refractivity contribution >= 4 is 12.6 Å². The molecule has 0 aliphatic heterocycles. The molecule has 2 heteroatoms. The van der Waals surface area contributed by atoms with E-state index in [1.165, 1.54) is 0 Å². The molecule has 0 aliphatic carbocycles.